The predicted molar refractivity (Wildman–Crippen MR) is 143 cm³/mol. The van der Waals surface area contributed by atoms with Crippen LogP contribution in [0.15, 0.2) is 78.9 Å². The first-order chi connectivity index (χ1) is 17.6. The molecule has 0 aliphatic carbocycles. The number of carboxylic acid groups (broad SMARTS) is 1. The van der Waals surface area contributed by atoms with Crippen molar-refractivity contribution >= 4 is 5.97 Å². The van der Waals surface area contributed by atoms with Crippen LogP contribution in [-0.4, -0.2) is 31.9 Å². The summed E-state index contributed by atoms with van der Waals surface area (Å²) < 4.78 is 17.7. The molecular formula is C31H38O5. The third kappa shape index (κ3) is 7.34. The molecule has 1 N–H and O–H groups in total. The fourth-order valence-electron chi connectivity index (χ4n) is 4.56. The van der Waals surface area contributed by atoms with Gasteiger partial charge >= 0.3 is 5.97 Å². The number of hydrogen-bond acceptors (Lipinski definition) is 4. The molecule has 3 aromatic rings. The second-order valence-electron chi connectivity index (χ2n) is 8.97. The molecule has 0 unspecified atom stereocenters. The first kappa shape index (κ1) is 27.3. The molecule has 0 saturated carbocycles. The van der Waals surface area contributed by atoms with Gasteiger partial charge in [0, 0.05) is 13.0 Å². The first-order valence-electron chi connectivity index (χ1n) is 12.8. The highest BCUT2D eigenvalue weighted by Gasteiger charge is 2.37. The highest BCUT2D eigenvalue weighted by Crippen LogP contribution is 2.41. The lowest BCUT2D eigenvalue weighted by Crippen LogP contribution is -2.33. The summed E-state index contributed by atoms with van der Waals surface area (Å²) in [6, 6.07) is 26.6. The van der Waals surface area contributed by atoms with Crippen LogP contribution in [-0.2, 0) is 15.1 Å². The number of carboxylic acids is 1. The first-order valence-corrected chi connectivity index (χ1v) is 12.8. The number of benzene rings is 3. The molecule has 0 spiro atoms. The maximum Gasteiger partial charge on any atom is 0.303 e. The van der Waals surface area contributed by atoms with Crippen LogP contribution in [0.1, 0.15) is 68.1 Å². The Balaban J connectivity index is 1.77. The molecule has 0 radical (unpaired) electrons. The van der Waals surface area contributed by atoms with Crippen molar-refractivity contribution < 1.29 is 24.1 Å². The largest absolute Gasteiger partial charge is 0.497 e. The van der Waals surface area contributed by atoms with E-state index < -0.39 is 11.6 Å². The van der Waals surface area contributed by atoms with Gasteiger partial charge in [0.1, 0.15) is 17.1 Å². The molecule has 3 aromatic carbocycles. The van der Waals surface area contributed by atoms with Crippen LogP contribution < -0.4 is 9.47 Å². The topological polar surface area (TPSA) is 65.0 Å². The van der Waals surface area contributed by atoms with Crippen LogP contribution in [0.5, 0.6) is 11.5 Å². The maximum absolute atomic E-state index is 10.6. The van der Waals surface area contributed by atoms with E-state index in [9.17, 15) is 4.79 Å². The molecule has 36 heavy (non-hydrogen) atoms. The summed E-state index contributed by atoms with van der Waals surface area (Å²) in [5, 5.41) is 8.75. The summed E-state index contributed by atoms with van der Waals surface area (Å²) in [7, 11) is 3.34. The Morgan fingerprint density at radius 1 is 0.639 bits per heavy atom. The summed E-state index contributed by atoms with van der Waals surface area (Å²) in [4.78, 5) is 10.6. The van der Waals surface area contributed by atoms with Gasteiger partial charge in [0.05, 0.1) is 14.2 Å². The van der Waals surface area contributed by atoms with Crippen molar-refractivity contribution in [3.05, 3.63) is 95.6 Å². The van der Waals surface area contributed by atoms with E-state index in [1.54, 1.807) is 14.2 Å². The molecule has 5 heteroatoms. The van der Waals surface area contributed by atoms with E-state index in [2.05, 4.69) is 36.4 Å². The van der Waals surface area contributed by atoms with E-state index in [0.717, 1.165) is 73.1 Å². The average molecular weight is 491 g/mol. The highest BCUT2D eigenvalue weighted by atomic mass is 16.5. The quantitative estimate of drug-likeness (QED) is 0.170. The second kappa shape index (κ2) is 14.3. The van der Waals surface area contributed by atoms with E-state index in [1.165, 1.54) is 0 Å². The molecule has 0 aliphatic heterocycles. The van der Waals surface area contributed by atoms with Gasteiger partial charge in [-0.2, -0.15) is 0 Å². The minimum atomic E-state index is -0.767. The summed E-state index contributed by atoms with van der Waals surface area (Å²) in [5.74, 6) is 0.903. The summed E-state index contributed by atoms with van der Waals surface area (Å²) in [6.07, 6.45) is 7.38. The van der Waals surface area contributed by atoms with Gasteiger partial charge in [0.2, 0.25) is 0 Å². The number of ether oxygens (including phenoxy) is 3. The molecule has 0 atom stereocenters. The zero-order chi connectivity index (χ0) is 25.6. The zero-order valence-corrected chi connectivity index (χ0v) is 21.4. The van der Waals surface area contributed by atoms with Crippen LogP contribution in [0.2, 0.25) is 0 Å². The third-order valence-electron chi connectivity index (χ3n) is 6.53. The van der Waals surface area contributed by atoms with Gasteiger partial charge in [-0.15, -0.1) is 0 Å². The van der Waals surface area contributed by atoms with Crippen molar-refractivity contribution in [1.82, 2.24) is 0 Å². The number of methoxy groups -OCH3 is 2. The fourth-order valence-corrected chi connectivity index (χ4v) is 4.56. The molecule has 0 aromatic heterocycles. The normalized spacial score (nSPS) is 11.3. The van der Waals surface area contributed by atoms with Crippen molar-refractivity contribution in [3.63, 3.8) is 0 Å². The molecule has 0 aliphatic rings. The molecule has 3 rings (SSSR count). The second-order valence-corrected chi connectivity index (χ2v) is 8.97. The van der Waals surface area contributed by atoms with E-state index in [0.29, 0.717) is 6.61 Å². The summed E-state index contributed by atoms with van der Waals surface area (Å²) in [5.41, 5.74) is 2.38. The van der Waals surface area contributed by atoms with Crippen LogP contribution in [0.4, 0.5) is 0 Å². The Morgan fingerprint density at radius 3 is 1.56 bits per heavy atom. The maximum atomic E-state index is 10.6. The number of hydrogen-bond donors (Lipinski definition) is 1. The van der Waals surface area contributed by atoms with E-state index >= 15 is 0 Å². The smallest absolute Gasteiger partial charge is 0.303 e. The Morgan fingerprint density at radius 2 is 1.08 bits per heavy atom. The number of rotatable bonds is 16. The van der Waals surface area contributed by atoms with Crippen molar-refractivity contribution in [2.75, 3.05) is 20.8 Å². The Kier molecular flexibility index (Phi) is 10.8. The van der Waals surface area contributed by atoms with Gasteiger partial charge in [-0.1, -0.05) is 86.7 Å². The number of unbranched alkanes of at least 4 members (excludes halogenated alkanes) is 6. The SMILES string of the molecule is COc1ccc(C(OCCCCCCCCCC(=O)O)(c2ccccc2)c2ccc(OC)cc2)cc1. The van der Waals surface area contributed by atoms with Crippen molar-refractivity contribution in [1.29, 1.82) is 0 Å². The monoisotopic (exact) mass is 490 g/mol. The fraction of sp³-hybridized carbons (Fsp3) is 0.387. The molecule has 0 heterocycles. The van der Waals surface area contributed by atoms with E-state index in [-0.39, 0.29) is 6.42 Å². The van der Waals surface area contributed by atoms with Crippen molar-refractivity contribution in [2.24, 2.45) is 0 Å². The predicted octanol–water partition coefficient (Wildman–Crippen LogP) is 7.22. The lowest BCUT2D eigenvalue weighted by molar-refractivity contribution is -0.137. The van der Waals surface area contributed by atoms with Gasteiger partial charge in [-0.3, -0.25) is 4.79 Å². The van der Waals surface area contributed by atoms with Gasteiger partial charge in [0.15, 0.2) is 0 Å². The number of aliphatic carboxylic acids is 1. The molecule has 192 valence electrons. The van der Waals surface area contributed by atoms with Gasteiger partial charge in [-0.05, 0) is 53.8 Å². The highest BCUT2D eigenvalue weighted by molar-refractivity contribution is 5.66. The molecule has 0 saturated heterocycles. The van der Waals surface area contributed by atoms with Crippen LogP contribution in [0, 0.1) is 0 Å². The molecule has 0 fully saturated rings. The van der Waals surface area contributed by atoms with Gasteiger partial charge in [0.25, 0.3) is 0 Å². The zero-order valence-electron chi connectivity index (χ0n) is 21.4. The number of carbonyl (C=O) groups is 1. The Bertz CT molecular complexity index is 981. The molecular weight excluding hydrogens is 452 g/mol. The minimum absolute atomic E-state index is 0.270. The molecule has 0 amide bonds. The third-order valence-corrected chi connectivity index (χ3v) is 6.53. The lowest BCUT2D eigenvalue weighted by Gasteiger charge is -2.36. The summed E-state index contributed by atoms with van der Waals surface area (Å²) in [6.45, 7) is 0.617. The minimum Gasteiger partial charge on any atom is -0.497 e. The van der Waals surface area contributed by atoms with Crippen LogP contribution >= 0.6 is 0 Å². The van der Waals surface area contributed by atoms with Crippen molar-refractivity contribution in [2.45, 2.75) is 57.0 Å². The Hall–Kier alpha value is -3.31. The Labute approximate surface area is 215 Å². The molecule has 0 bridgehead atoms. The van der Waals surface area contributed by atoms with Gasteiger partial charge in [-0.25, -0.2) is 0 Å². The standard InChI is InChI=1S/C31H38O5/c1-34-28-20-16-26(17-21-28)31(25-13-9-8-10-14-25,27-18-22-29(35-2)23-19-27)36-24-12-7-5-3-4-6-11-15-30(32)33/h8-10,13-14,16-23H,3-7,11-12,15,24H2,1-2H3,(H,32,33). The van der Waals surface area contributed by atoms with Crippen molar-refractivity contribution in [3.8, 4) is 11.5 Å². The average Bonchev–Trinajstić information content (AvgIpc) is 2.92. The van der Waals surface area contributed by atoms with Crippen LogP contribution in [0.25, 0.3) is 0 Å². The van der Waals surface area contributed by atoms with Gasteiger partial charge < -0.3 is 19.3 Å². The van der Waals surface area contributed by atoms with E-state index in [4.69, 9.17) is 19.3 Å². The van der Waals surface area contributed by atoms with Crippen LogP contribution in [0.3, 0.4) is 0 Å². The summed E-state index contributed by atoms with van der Waals surface area (Å²) >= 11 is 0. The van der Waals surface area contributed by atoms with E-state index in [1.807, 2.05) is 42.5 Å². The lowest BCUT2D eigenvalue weighted by atomic mass is 9.80. The molecule has 5 nitrogen and oxygen atoms in total.